The molecule has 5 atom stereocenters. The number of amides is 6. The number of aromatic nitrogens is 7. The van der Waals surface area contributed by atoms with E-state index in [1.54, 1.807) is 78.9 Å². The van der Waals surface area contributed by atoms with Crippen molar-refractivity contribution >= 4 is 115 Å². The summed E-state index contributed by atoms with van der Waals surface area (Å²) >= 11 is 7.22. The average molecular weight is 1130 g/mol. The van der Waals surface area contributed by atoms with Crippen LogP contribution < -0.4 is 31.9 Å². The lowest BCUT2D eigenvalue weighted by molar-refractivity contribution is -0.124. The summed E-state index contributed by atoms with van der Waals surface area (Å²) in [7, 11) is 0. The molecule has 0 aliphatic carbocycles. The summed E-state index contributed by atoms with van der Waals surface area (Å²) in [4.78, 5) is 114. The smallest absolute Gasteiger partial charge is 0.275 e. The molecule has 8 bridgehead atoms. The molecule has 8 heterocycles. The molecule has 6 amide bonds. The van der Waals surface area contributed by atoms with Crippen LogP contribution in [0.2, 0.25) is 0 Å². The van der Waals surface area contributed by atoms with E-state index in [1.165, 1.54) is 57.7 Å². The molecule has 1 aliphatic heterocycles. The lowest BCUT2D eigenvalue weighted by Crippen LogP contribution is -2.52. The van der Waals surface area contributed by atoms with Crippen molar-refractivity contribution in [2.75, 3.05) is 6.54 Å². The number of hydrogen-bond donors (Lipinski definition) is 8. The van der Waals surface area contributed by atoms with Crippen LogP contribution in [0.5, 0.6) is 0 Å². The standard InChI is InChI=1S/C48H49N13O8S6/c1-8-24(37(64)49-13-21(6)62)51-38(65)29-16-73-47(57-29)33-19-74-46(59-33)27-12-11-23-36(50-27)28-14-71-44(54-28)25(9-2)52-39(66)30-18-75-48(58-30)34(20(4)5)60-40(67)32-17-72-45(56-32)26(10-3)53-42(69)35(22(7)63)61-41(68)31-15-70-43(23)55-31/h9-12,14-22,24,34-35,62-63H,8,13H2,1-7H3,(H,49,64)(H,51,65)(H,52,66)(H,53,69)(H,60,67)(H,61,68)/b25-9-,26-10+. The van der Waals surface area contributed by atoms with Crippen molar-refractivity contribution < 1.29 is 39.0 Å². The normalized spacial score (nSPS) is 17.9. The highest BCUT2D eigenvalue weighted by Crippen LogP contribution is 2.38. The number of allylic oxidation sites excluding steroid dienone is 2. The predicted octanol–water partition coefficient (Wildman–Crippen LogP) is 6.38. The van der Waals surface area contributed by atoms with Gasteiger partial charge < -0.3 is 42.1 Å². The number of rotatable bonds is 10. The molecule has 5 unspecified atom stereocenters. The molecular formula is C48H49N13O8S6. The quantitative estimate of drug-likeness (QED) is 0.0737. The van der Waals surface area contributed by atoms with E-state index < -0.39 is 65.8 Å². The third kappa shape index (κ3) is 12.5. The van der Waals surface area contributed by atoms with Gasteiger partial charge in [0.15, 0.2) is 0 Å². The van der Waals surface area contributed by atoms with Crippen molar-refractivity contribution in [3.05, 3.63) is 94.4 Å². The summed E-state index contributed by atoms with van der Waals surface area (Å²) in [6.07, 6.45) is 1.53. The van der Waals surface area contributed by atoms with Crippen LogP contribution in [-0.2, 0) is 9.59 Å². The number of nitrogens with one attached hydrogen (secondary N) is 6. The molecule has 0 saturated heterocycles. The zero-order valence-electron chi connectivity index (χ0n) is 41.1. The van der Waals surface area contributed by atoms with Crippen LogP contribution in [0.25, 0.3) is 54.8 Å². The largest absolute Gasteiger partial charge is 0.392 e. The first-order valence-corrected chi connectivity index (χ1v) is 28.5. The Bertz CT molecular complexity index is 3350. The Kier molecular flexibility index (Phi) is 17.3. The molecule has 21 nitrogen and oxygen atoms in total. The average Bonchev–Trinajstić information content (AvgIpc) is 4.25. The van der Waals surface area contributed by atoms with Crippen LogP contribution in [0.3, 0.4) is 0 Å². The Balaban J connectivity index is 1.13. The van der Waals surface area contributed by atoms with Gasteiger partial charge in [0.05, 0.1) is 35.3 Å². The summed E-state index contributed by atoms with van der Waals surface area (Å²) in [6, 6.07) is 0.680. The molecule has 0 fully saturated rings. The molecule has 1 aliphatic rings. The molecule has 27 heteroatoms. The molecule has 0 spiro atoms. The fourth-order valence-corrected chi connectivity index (χ4v) is 12.3. The van der Waals surface area contributed by atoms with Gasteiger partial charge in [-0.25, -0.2) is 34.9 Å². The van der Waals surface area contributed by atoms with Crippen molar-refractivity contribution in [2.24, 2.45) is 5.92 Å². The van der Waals surface area contributed by atoms with Gasteiger partial charge in [-0.05, 0) is 52.2 Å². The van der Waals surface area contributed by atoms with E-state index in [4.69, 9.17) is 15.0 Å². The Morgan fingerprint density at radius 2 is 1.17 bits per heavy atom. The minimum Gasteiger partial charge on any atom is -0.392 e. The maximum atomic E-state index is 13.8. The van der Waals surface area contributed by atoms with Crippen molar-refractivity contribution in [1.82, 2.24) is 66.8 Å². The van der Waals surface area contributed by atoms with Crippen LogP contribution in [0.15, 0.2) is 56.6 Å². The second-order valence-electron chi connectivity index (χ2n) is 17.1. The topological polar surface area (TPSA) is 305 Å². The number of carbonyl (C=O) groups is 6. The second-order valence-corrected chi connectivity index (χ2v) is 22.3. The van der Waals surface area contributed by atoms with Crippen LogP contribution in [-0.4, -0.2) is 111 Å². The molecular weight excluding hydrogens is 1080 g/mol. The van der Waals surface area contributed by atoms with Gasteiger partial charge in [0.1, 0.15) is 82.0 Å². The number of nitrogens with zero attached hydrogens (tertiary/aromatic N) is 7. The van der Waals surface area contributed by atoms with Gasteiger partial charge in [-0.15, -0.1) is 68.0 Å². The van der Waals surface area contributed by atoms with E-state index >= 15 is 0 Å². The number of thiazole rings is 6. The van der Waals surface area contributed by atoms with E-state index in [9.17, 15) is 39.0 Å². The van der Waals surface area contributed by atoms with Crippen molar-refractivity contribution in [3.63, 3.8) is 0 Å². The van der Waals surface area contributed by atoms with Crippen LogP contribution in [0, 0.1) is 5.92 Å². The SMILES string of the molecule is C/C=C1\NC(=O)c2csc(n2)C(C(C)C)NC(=O)c2csc(n2)/C(=C\C)NC(=O)C(C(C)O)NC(=O)c2csc(n2)-c2ccc(-c3nc(-c4nc(C(=O)NC(CC)C(=O)NCC(C)O)cs4)cs3)nc2-c2csc1n2. The number of fused-ring (bicyclic) bond motifs is 11. The maximum absolute atomic E-state index is 13.8. The first-order chi connectivity index (χ1) is 35.9. The molecule has 7 aromatic rings. The van der Waals surface area contributed by atoms with E-state index in [0.717, 1.165) is 22.7 Å². The highest BCUT2D eigenvalue weighted by Gasteiger charge is 2.31. The highest BCUT2D eigenvalue weighted by molar-refractivity contribution is 7.15. The van der Waals surface area contributed by atoms with E-state index in [-0.39, 0.29) is 40.9 Å². The van der Waals surface area contributed by atoms with Crippen molar-refractivity contribution in [2.45, 2.75) is 85.2 Å². The number of carbonyl (C=O) groups excluding carboxylic acids is 6. The van der Waals surface area contributed by atoms with Crippen molar-refractivity contribution in [3.8, 4) is 43.4 Å². The van der Waals surface area contributed by atoms with Gasteiger partial charge in [-0.3, -0.25) is 28.8 Å². The first kappa shape index (κ1) is 54.4. The predicted molar refractivity (Wildman–Crippen MR) is 290 cm³/mol. The van der Waals surface area contributed by atoms with Crippen LogP contribution >= 0.6 is 68.0 Å². The summed E-state index contributed by atoms with van der Waals surface area (Å²) in [5.41, 5.74) is 3.13. The Morgan fingerprint density at radius 1 is 0.627 bits per heavy atom. The molecule has 0 saturated carbocycles. The lowest BCUT2D eigenvalue weighted by Gasteiger charge is -2.21. The second kappa shape index (κ2) is 23.8. The van der Waals surface area contributed by atoms with E-state index in [2.05, 4.69) is 51.8 Å². The number of hydrogen-bond acceptors (Lipinski definition) is 21. The van der Waals surface area contributed by atoms with Gasteiger partial charge in [0.2, 0.25) is 11.8 Å². The lowest BCUT2D eigenvalue weighted by atomic mass is 10.1. The molecule has 390 valence electrons. The number of pyridine rings is 1. The minimum absolute atomic E-state index is 0.0413. The molecule has 0 radical (unpaired) electrons. The van der Waals surface area contributed by atoms with Crippen LogP contribution in [0.1, 0.15) is 118 Å². The molecule has 8 rings (SSSR count). The Hall–Kier alpha value is -6.85. The zero-order chi connectivity index (χ0) is 53.7. The van der Waals surface area contributed by atoms with Gasteiger partial charge in [-0.1, -0.05) is 32.9 Å². The van der Waals surface area contributed by atoms with Crippen molar-refractivity contribution in [1.29, 1.82) is 0 Å². The fraction of sp³-hybridized carbons (Fsp3) is 0.312. The van der Waals surface area contributed by atoms with Gasteiger partial charge in [-0.2, -0.15) is 0 Å². The van der Waals surface area contributed by atoms with E-state index in [1.807, 2.05) is 13.8 Å². The summed E-state index contributed by atoms with van der Waals surface area (Å²) < 4.78 is 0. The summed E-state index contributed by atoms with van der Waals surface area (Å²) in [6.45, 7) is 12.0. The third-order valence-corrected chi connectivity index (χ3v) is 16.5. The first-order valence-electron chi connectivity index (χ1n) is 23.2. The summed E-state index contributed by atoms with van der Waals surface area (Å²) in [5, 5.41) is 49.4. The van der Waals surface area contributed by atoms with Crippen LogP contribution in [0.4, 0.5) is 0 Å². The van der Waals surface area contributed by atoms with Gasteiger partial charge >= 0.3 is 0 Å². The zero-order valence-corrected chi connectivity index (χ0v) is 46.0. The fourth-order valence-electron chi connectivity index (χ4n) is 7.18. The molecule has 8 N–H and O–H groups in total. The summed E-state index contributed by atoms with van der Waals surface area (Å²) in [5.74, 6) is -3.57. The highest BCUT2D eigenvalue weighted by atomic mass is 32.1. The van der Waals surface area contributed by atoms with Gasteiger partial charge in [0, 0.05) is 44.4 Å². The molecule has 0 aromatic carbocycles. The van der Waals surface area contributed by atoms with Gasteiger partial charge in [0.25, 0.3) is 23.6 Å². The third-order valence-electron chi connectivity index (χ3n) is 11.2. The van der Waals surface area contributed by atoms with E-state index in [0.29, 0.717) is 70.5 Å². The number of aliphatic hydroxyl groups excluding tert-OH is 2. The maximum Gasteiger partial charge on any atom is 0.275 e. The Morgan fingerprint density at radius 3 is 1.83 bits per heavy atom. The number of aliphatic hydroxyl groups is 2. The molecule has 75 heavy (non-hydrogen) atoms. The Labute approximate surface area is 453 Å². The molecule has 7 aromatic heterocycles. The minimum atomic E-state index is -1.43. The monoisotopic (exact) mass is 1130 g/mol.